The van der Waals surface area contributed by atoms with E-state index in [1.807, 2.05) is 6.07 Å². The van der Waals surface area contributed by atoms with Crippen molar-refractivity contribution in [2.24, 2.45) is 7.05 Å². The molecular weight excluding hydrogens is 334 g/mol. The molecule has 2 aliphatic carbocycles. The van der Waals surface area contributed by atoms with Gasteiger partial charge >= 0.3 is 5.69 Å². The molecule has 4 rings (SSSR count). The first-order valence-electron chi connectivity index (χ1n) is 9.18. The van der Waals surface area contributed by atoms with E-state index in [-0.39, 0.29) is 23.2 Å². The SMILES string of the molecule is Cn1c(=O)cc(NC2CCC(n3nc(C4CC4)ccc3=O)CC2)[nH]c1=O. The van der Waals surface area contributed by atoms with Crippen molar-refractivity contribution in [1.82, 2.24) is 19.3 Å². The van der Waals surface area contributed by atoms with Gasteiger partial charge in [-0.05, 0) is 44.6 Å². The Kier molecular flexibility index (Phi) is 4.26. The maximum Gasteiger partial charge on any atom is 0.329 e. The van der Waals surface area contributed by atoms with Gasteiger partial charge in [-0.3, -0.25) is 19.1 Å². The minimum Gasteiger partial charge on any atom is -0.369 e. The Morgan fingerprint density at radius 3 is 2.42 bits per heavy atom. The first-order chi connectivity index (χ1) is 12.5. The Hall–Kier alpha value is -2.64. The molecule has 2 aromatic heterocycles. The number of aromatic nitrogens is 4. The summed E-state index contributed by atoms with van der Waals surface area (Å²) in [6.07, 6.45) is 5.71. The van der Waals surface area contributed by atoms with E-state index in [1.54, 1.807) is 10.7 Å². The van der Waals surface area contributed by atoms with Crippen molar-refractivity contribution < 1.29 is 0 Å². The van der Waals surface area contributed by atoms with E-state index in [1.165, 1.54) is 13.1 Å². The molecule has 0 unspecified atom stereocenters. The van der Waals surface area contributed by atoms with Crippen LogP contribution in [-0.4, -0.2) is 25.4 Å². The number of anilines is 1. The number of hydrogen-bond acceptors (Lipinski definition) is 5. The van der Waals surface area contributed by atoms with Crippen LogP contribution in [0.1, 0.15) is 56.2 Å². The first-order valence-corrected chi connectivity index (χ1v) is 9.18. The van der Waals surface area contributed by atoms with Crippen LogP contribution in [0.5, 0.6) is 0 Å². The minimum absolute atomic E-state index is 0.0401. The second kappa shape index (κ2) is 6.59. The lowest BCUT2D eigenvalue weighted by atomic mass is 9.91. The van der Waals surface area contributed by atoms with Gasteiger partial charge in [-0.25, -0.2) is 9.48 Å². The molecule has 0 bridgehead atoms. The lowest BCUT2D eigenvalue weighted by molar-refractivity contribution is 0.301. The van der Waals surface area contributed by atoms with E-state index >= 15 is 0 Å². The highest BCUT2D eigenvalue weighted by atomic mass is 16.2. The van der Waals surface area contributed by atoms with Gasteiger partial charge in [0.25, 0.3) is 11.1 Å². The fraction of sp³-hybridized carbons (Fsp3) is 0.556. The summed E-state index contributed by atoms with van der Waals surface area (Å²) < 4.78 is 2.69. The quantitative estimate of drug-likeness (QED) is 0.853. The van der Waals surface area contributed by atoms with Crippen LogP contribution >= 0.6 is 0 Å². The fourth-order valence-corrected chi connectivity index (χ4v) is 3.62. The predicted octanol–water partition coefficient (Wildman–Crippen LogP) is 1.10. The zero-order valence-electron chi connectivity index (χ0n) is 14.8. The monoisotopic (exact) mass is 357 g/mol. The van der Waals surface area contributed by atoms with Crippen LogP contribution in [0.2, 0.25) is 0 Å². The zero-order chi connectivity index (χ0) is 18.3. The summed E-state index contributed by atoms with van der Waals surface area (Å²) in [6, 6.07) is 5.17. The Morgan fingerprint density at radius 2 is 1.77 bits per heavy atom. The fourth-order valence-electron chi connectivity index (χ4n) is 3.62. The number of hydrogen-bond donors (Lipinski definition) is 2. The summed E-state index contributed by atoms with van der Waals surface area (Å²) in [7, 11) is 1.44. The molecule has 0 spiro atoms. The molecule has 2 N–H and O–H groups in total. The molecule has 2 fully saturated rings. The summed E-state index contributed by atoms with van der Waals surface area (Å²) in [6.45, 7) is 0. The van der Waals surface area contributed by atoms with Crippen LogP contribution in [-0.2, 0) is 7.05 Å². The predicted molar refractivity (Wildman–Crippen MR) is 97.7 cm³/mol. The number of H-pyrrole nitrogens is 1. The van der Waals surface area contributed by atoms with E-state index in [4.69, 9.17) is 0 Å². The maximum absolute atomic E-state index is 12.2. The topological polar surface area (TPSA) is 102 Å². The van der Waals surface area contributed by atoms with Crippen LogP contribution in [0.25, 0.3) is 0 Å². The Labute approximate surface area is 149 Å². The minimum atomic E-state index is -0.429. The third-order valence-electron chi connectivity index (χ3n) is 5.39. The lowest BCUT2D eigenvalue weighted by Crippen LogP contribution is -2.36. The van der Waals surface area contributed by atoms with E-state index in [0.29, 0.717) is 11.7 Å². The number of nitrogens with zero attached hydrogens (tertiary/aromatic N) is 3. The normalized spacial score (nSPS) is 23.0. The summed E-state index contributed by atoms with van der Waals surface area (Å²) in [4.78, 5) is 38.3. The standard InChI is InChI=1S/C18H23N5O3/c1-22-17(25)10-15(20-18(22)26)19-12-4-6-13(7-5-12)23-16(24)9-8-14(21-23)11-2-3-11/h8-13,19H,2-7H2,1H3,(H,20,26). The van der Waals surface area contributed by atoms with Crippen molar-refractivity contribution in [3.63, 3.8) is 0 Å². The smallest absolute Gasteiger partial charge is 0.329 e. The third kappa shape index (κ3) is 3.36. The van der Waals surface area contributed by atoms with E-state index in [9.17, 15) is 14.4 Å². The van der Waals surface area contributed by atoms with Gasteiger partial charge in [0.1, 0.15) is 5.82 Å². The molecule has 0 radical (unpaired) electrons. The van der Waals surface area contributed by atoms with Crippen molar-refractivity contribution in [3.8, 4) is 0 Å². The molecule has 2 heterocycles. The molecule has 0 aliphatic heterocycles. The molecule has 0 saturated heterocycles. The van der Waals surface area contributed by atoms with Gasteiger partial charge < -0.3 is 5.32 Å². The molecule has 8 heteroatoms. The Bertz CT molecular complexity index is 946. The van der Waals surface area contributed by atoms with E-state index in [2.05, 4.69) is 15.4 Å². The molecule has 0 atom stereocenters. The van der Waals surface area contributed by atoms with Gasteiger partial charge in [-0.15, -0.1) is 0 Å². The first kappa shape index (κ1) is 16.8. The highest BCUT2D eigenvalue weighted by molar-refractivity contribution is 5.33. The van der Waals surface area contributed by atoms with Crippen LogP contribution in [0.4, 0.5) is 5.82 Å². The number of nitrogens with one attached hydrogen (secondary N) is 2. The highest BCUT2D eigenvalue weighted by Crippen LogP contribution is 2.38. The van der Waals surface area contributed by atoms with Gasteiger partial charge in [0.15, 0.2) is 0 Å². The maximum atomic E-state index is 12.2. The van der Waals surface area contributed by atoms with E-state index in [0.717, 1.165) is 48.8 Å². The molecule has 0 aromatic carbocycles. The largest absolute Gasteiger partial charge is 0.369 e. The van der Waals surface area contributed by atoms with Crippen LogP contribution in [0.15, 0.2) is 32.6 Å². The number of aromatic amines is 1. The number of rotatable bonds is 4. The van der Waals surface area contributed by atoms with Crippen LogP contribution in [0.3, 0.4) is 0 Å². The van der Waals surface area contributed by atoms with Crippen molar-refractivity contribution in [2.45, 2.75) is 56.5 Å². The summed E-state index contributed by atoms with van der Waals surface area (Å²) in [5, 5.41) is 7.83. The van der Waals surface area contributed by atoms with E-state index < -0.39 is 5.69 Å². The highest BCUT2D eigenvalue weighted by Gasteiger charge is 2.28. The van der Waals surface area contributed by atoms with Gasteiger partial charge in [0, 0.05) is 31.1 Å². The summed E-state index contributed by atoms with van der Waals surface area (Å²) in [5.41, 5.74) is 0.225. The molecule has 2 aromatic rings. The summed E-state index contributed by atoms with van der Waals surface area (Å²) >= 11 is 0. The molecule has 8 nitrogen and oxygen atoms in total. The third-order valence-corrected chi connectivity index (χ3v) is 5.39. The molecule has 2 aliphatic rings. The van der Waals surface area contributed by atoms with Crippen molar-refractivity contribution in [3.05, 3.63) is 55.1 Å². The lowest BCUT2D eigenvalue weighted by Gasteiger charge is -2.30. The van der Waals surface area contributed by atoms with Gasteiger partial charge in [-0.1, -0.05) is 0 Å². The Balaban J connectivity index is 1.43. The molecular formula is C18H23N5O3. The average Bonchev–Trinajstić information content (AvgIpc) is 3.46. The molecule has 26 heavy (non-hydrogen) atoms. The molecule has 0 amide bonds. The van der Waals surface area contributed by atoms with Gasteiger partial charge in [0.2, 0.25) is 0 Å². The molecule has 138 valence electrons. The second-order valence-corrected chi connectivity index (χ2v) is 7.35. The van der Waals surface area contributed by atoms with Crippen LogP contribution in [0, 0.1) is 0 Å². The summed E-state index contributed by atoms with van der Waals surface area (Å²) in [5.74, 6) is 0.977. The second-order valence-electron chi connectivity index (χ2n) is 7.35. The zero-order valence-corrected chi connectivity index (χ0v) is 14.8. The van der Waals surface area contributed by atoms with Gasteiger partial charge in [-0.2, -0.15) is 5.10 Å². The molecule has 2 saturated carbocycles. The van der Waals surface area contributed by atoms with Crippen molar-refractivity contribution >= 4 is 5.82 Å². The van der Waals surface area contributed by atoms with Crippen molar-refractivity contribution in [1.29, 1.82) is 0 Å². The van der Waals surface area contributed by atoms with Crippen LogP contribution < -0.4 is 22.1 Å². The average molecular weight is 357 g/mol. The van der Waals surface area contributed by atoms with Gasteiger partial charge in [0.05, 0.1) is 11.7 Å². The van der Waals surface area contributed by atoms with Crippen molar-refractivity contribution in [2.75, 3.05) is 5.32 Å². The Morgan fingerprint density at radius 1 is 1.04 bits per heavy atom.